The Bertz CT molecular complexity index is 282. The van der Waals surface area contributed by atoms with Crippen LogP contribution in [0.3, 0.4) is 0 Å². The molecule has 70 valence electrons. The minimum Gasteiger partial charge on any atom is -0.481 e. The Hall–Kier alpha value is -1.58. The number of amides is 1. The summed E-state index contributed by atoms with van der Waals surface area (Å²) in [4.78, 5) is 15.2. The van der Waals surface area contributed by atoms with Crippen LogP contribution in [0.1, 0.15) is 17.3 Å². The van der Waals surface area contributed by atoms with Gasteiger partial charge in [-0.05, 0) is 13.0 Å². The molecule has 1 amide bonds. The number of nitrogens with one attached hydrogen (secondary N) is 1. The number of rotatable bonds is 3. The van der Waals surface area contributed by atoms with Crippen molar-refractivity contribution in [2.45, 2.75) is 6.92 Å². The van der Waals surface area contributed by atoms with Gasteiger partial charge >= 0.3 is 0 Å². The van der Waals surface area contributed by atoms with Crippen molar-refractivity contribution in [3.63, 3.8) is 0 Å². The van der Waals surface area contributed by atoms with Crippen molar-refractivity contribution in [1.29, 1.82) is 0 Å². The molecule has 0 spiro atoms. The Morgan fingerprint density at radius 1 is 1.62 bits per heavy atom. The Balaban J connectivity index is 2.74. The second-order valence-corrected chi connectivity index (χ2v) is 2.45. The molecule has 0 aromatic carbocycles. The fraction of sp³-hybridized carbons (Fsp3) is 0.333. The van der Waals surface area contributed by atoms with E-state index in [1.54, 1.807) is 12.1 Å². The average Bonchev–Trinajstić information content (AvgIpc) is 2.18. The third-order valence-electron chi connectivity index (χ3n) is 1.55. The first-order valence-electron chi connectivity index (χ1n) is 4.06. The standard InChI is InChI=1S/C9H12N2O2/c1-3-10-9(12)7-4-5-8(13-2)11-6-7/h4-6H,3H2,1-2H3,(H,10,12). The summed E-state index contributed by atoms with van der Waals surface area (Å²) in [5, 5.41) is 2.68. The minimum absolute atomic E-state index is 0.113. The van der Waals surface area contributed by atoms with Crippen LogP contribution in [0.15, 0.2) is 18.3 Å². The normalized spacial score (nSPS) is 9.38. The van der Waals surface area contributed by atoms with Crippen molar-refractivity contribution in [2.75, 3.05) is 13.7 Å². The monoisotopic (exact) mass is 180 g/mol. The number of carbonyl (C=O) groups excluding carboxylic acids is 1. The maximum atomic E-state index is 11.3. The molecule has 13 heavy (non-hydrogen) atoms. The summed E-state index contributed by atoms with van der Waals surface area (Å²) in [7, 11) is 1.54. The lowest BCUT2D eigenvalue weighted by Crippen LogP contribution is -2.22. The van der Waals surface area contributed by atoms with E-state index in [1.807, 2.05) is 6.92 Å². The highest BCUT2D eigenvalue weighted by Gasteiger charge is 2.03. The van der Waals surface area contributed by atoms with E-state index in [2.05, 4.69) is 10.3 Å². The maximum absolute atomic E-state index is 11.3. The Morgan fingerprint density at radius 3 is 2.85 bits per heavy atom. The largest absolute Gasteiger partial charge is 0.481 e. The highest BCUT2D eigenvalue weighted by molar-refractivity contribution is 5.93. The first kappa shape index (κ1) is 9.51. The second-order valence-electron chi connectivity index (χ2n) is 2.45. The Morgan fingerprint density at radius 2 is 2.38 bits per heavy atom. The van der Waals surface area contributed by atoms with Crippen LogP contribution in [0.2, 0.25) is 0 Å². The summed E-state index contributed by atoms with van der Waals surface area (Å²) >= 11 is 0. The molecule has 0 saturated heterocycles. The van der Waals surface area contributed by atoms with E-state index in [0.29, 0.717) is 18.0 Å². The molecule has 1 N–H and O–H groups in total. The van der Waals surface area contributed by atoms with E-state index in [-0.39, 0.29) is 5.91 Å². The van der Waals surface area contributed by atoms with Crippen LogP contribution in [0.4, 0.5) is 0 Å². The van der Waals surface area contributed by atoms with E-state index in [9.17, 15) is 4.79 Å². The predicted molar refractivity (Wildman–Crippen MR) is 48.8 cm³/mol. The van der Waals surface area contributed by atoms with E-state index in [1.165, 1.54) is 13.3 Å². The third-order valence-corrected chi connectivity index (χ3v) is 1.55. The minimum atomic E-state index is -0.113. The van der Waals surface area contributed by atoms with Gasteiger partial charge in [0.25, 0.3) is 5.91 Å². The molecule has 4 nitrogen and oxygen atoms in total. The van der Waals surface area contributed by atoms with Crippen LogP contribution < -0.4 is 10.1 Å². The molecule has 0 bridgehead atoms. The van der Waals surface area contributed by atoms with Crippen molar-refractivity contribution >= 4 is 5.91 Å². The Labute approximate surface area is 76.9 Å². The molecule has 0 aliphatic rings. The topological polar surface area (TPSA) is 51.2 Å². The van der Waals surface area contributed by atoms with Gasteiger partial charge in [0.05, 0.1) is 12.7 Å². The molecule has 0 fully saturated rings. The number of hydrogen-bond acceptors (Lipinski definition) is 3. The maximum Gasteiger partial charge on any atom is 0.252 e. The molecule has 0 aliphatic carbocycles. The fourth-order valence-electron chi connectivity index (χ4n) is 0.898. The van der Waals surface area contributed by atoms with E-state index < -0.39 is 0 Å². The summed E-state index contributed by atoms with van der Waals surface area (Å²) in [6.45, 7) is 2.49. The van der Waals surface area contributed by atoms with Gasteiger partial charge in [-0.3, -0.25) is 4.79 Å². The molecule has 0 unspecified atom stereocenters. The number of ether oxygens (including phenoxy) is 1. The summed E-state index contributed by atoms with van der Waals surface area (Å²) in [5.74, 6) is 0.394. The van der Waals surface area contributed by atoms with Crippen molar-refractivity contribution in [2.24, 2.45) is 0 Å². The Kier molecular flexibility index (Phi) is 3.25. The number of hydrogen-bond donors (Lipinski definition) is 1. The van der Waals surface area contributed by atoms with Crippen LogP contribution in [-0.4, -0.2) is 24.5 Å². The lowest BCUT2D eigenvalue weighted by molar-refractivity contribution is 0.0955. The van der Waals surface area contributed by atoms with E-state index >= 15 is 0 Å². The summed E-state index contributed by atoms with van der Waals surface area (Å²) < 4.78 is 4.87. The van der Waals surface area contributed by atoms with Gasteiger partial charge in [0.15, 0.2) is 0 Å². The first-order valence-corrected chi connectivity index (χ1v) is 4.06. The highest BCUT2D eigenvalue weighted by atomic mass is 16.5. The van der Waals surface area contributed by atoms with Gasteiger partial charge in [-0.15, -0.1) is 0 Å². The number of pyridine rings is 1. The molecular formula is C9H12N2O2. The van der Waals surface area contributed by atoms with Crippen LogP contribution in [0.5, 0.6) is 5.88 Å². The highest BCUT2D eigenvalue weighted by Crippen LogP contribution is 2.05. The molecule has 1 heterocycles. The molecule has 1 rings (SSSR count). The second kappa shape index (κ2) is 4.45. The zero-order valence-corrected chi connectivity index (χ0v) is 7.70. The summed E-state index contributed by atoms with van der Waals surface area (Å²) in [5.41, 5.74) is 0.544. The van der Waals surface area contributed by atoms with Crippen LogP contribution >= 0.6 is 0 Å². The SMILES string of the molecule is CCNC(=O)c1ccc(OC)nc1. The lowest BCUT2D eigenvalue weighted by atomic mass is 10.2. The van der Waals surface area contributed by atoms with Crippen molar-refractivity contribution in [1.82, 2.24) is 10.3 Å². The molecule has 4 heteroatoms. The van der Waals surface area contributed by atoms with Crippen molar-refractivity contribution < 1.29 is 9.53 Å². The van der Waals surface area contributed by atoms with Gasteiger partial charge < -0.3 is 10.1 Å². The van der Waals surface area contributed by atoms with Crippen molar-refractivity contribution in [3.8, 4) is 5.88 Å². The zero-order chi connectivity index (χ0) is 9.68. The zero-order valence-electron chi connectivity index (χ0n) is 7.70. The predicted octanol–water partition coefficient (Wildman–Crippen LogP) is 0.840. The van der Waals surface area contributed by atoms with Crippen LogP contribution in [-0.2, 0) is 0 Å². The van der Waals surface area contributed by atoms with E-state index in [0.717, 1.165) is 0 Å². The quantitative estimate of drug-likeness (QED) is 0.749. The number of nitrogens with zero attached hydrogens (tertiary/aromatic N) is 1. The average molecular weight is 180 g/mol. The fourth-order valence-corrected chi connectivity index (χ4v) is 0.898. The van der Waals surface area contributed by atoms with Crippen molar-refractivity contribution in [3.05, 3.63) is 23.9 Å². The van der Waals surface area contributed by atoms with Gasteiger partial charge in [0.2, 0.25) is 5.88 Å². The van der Waals surface area contributed by atoms with Gasteiger partial charge in [-0.25, -0.2) is 4.98 Å². The smallest absolute Gasteiger partial charge is 0.252 e. The number of carbonyl (C=O) groups is 1. The lowest BCUT2D eigenvalue weighted by Gasteiger charge is -2.02. The molecule has 0 aliphatic heterocycles. The molecule has 1 aromatic heterocycles. The molecule has 1 aromatic rings. The van der Waals surface area contributed by atoms with E-state index in [4.69, 9.17) is 4.74 Å². The van der Waals surface area contributed by atoms with Crippen LogP contribution in [0, 0.1) is 0 Å². The molecule has 0 atom stereocenters. The number of methoxy groups -OCH3 is 1. The molecule has 0 radical (unpaired) electrons. The molecular weight excluding hydrogens is 168 g/mol. The summed E-state index contributed by atoms with van der Waals surface area (Å²) in [6.07, 6.45) is 1.49. The summed E-state index contributed by atoms with van der Waals surface area (Å²) in [6, 6.07) is 3.33. The molecule has 0 saturated carbocycles. The first-order chi connectivity index (χ1) is 6.27. The third kappa shape index (κ3) is 2.43. The van der Waals surface area contributed by atoms with Gasteiger partial charge in [0, 0.05) is 18.8 Å². The van der Waals surface area contributed by atoms with Gasteiger partial charge in [-0.2, -0.15) is 0 Å². The van der Waals surface area contributed by atoms with Crippen LogP contribution in [0.25, 0.3) is 0 Å². The van der Waals surface area contributed by atoms with Gasteiger partial charge in [0.1, 0.15) is 0 Å². The van der Waals surface area contributed by atoms with Gasteiger partial charge in [-0.1, -0.05) is 0 Å². The number of aromatic nitrogens is 1.